The lowest BCUT2D eigenvalue weighted by molar-refractivity contribution is -0.153. The molecule has 1 heterocycles. The number of pyridine rings is 1. The molecule has 1 aromatic heterocycles. The number of anilines is 1. The van der Waals surface area contributed by atoms with Crippen molar-refractivity contribution in [2.24, 2.45) is 5.73 Å². The molecule has 2 aromatic rings. The molecule has 0 saturated carbocycles. The molecule has 3 N–H and O–H groups in total. The Labute approximate surface area is 163 Å². The maximum absolute atomic E-state index is 13.2. The molecule has 0 bridgehead atoms. The van der Waals surface area contributed by atoms with Gasteiger partial charge in [-0.3, -0.25) is 9.59 Å². The zero-order valence-corrected chi connectivity index (χ0v) is 14.7. The molecule has 0 spiro atoms. The van der Waals surface area contributed by atoms with Crippen molar-refractivity contribution in [1.82, 2.24) is 4.98 Å². The number of carbonyl (C=O) groups is 2. The summed E-state index contributed by atoms with van der Waals surface area (Å²) in [5.41, 5.74) is 2.06. The first-order chi connectivity index (χ1) is 13.3. The Hall–Kier alpha value is -3.02. The van der Waals surface area contributed by atoms with Crippen molar-refractivity contribution in [2.45, 2.75) is 12.4 Å². The largest absolute Gasteiger partial charge is 0.482 e. The lowest BCUT2D eigenvalue weighted by atomic mass is 10.1. The number of hydrogen-bond donors (Lipinski definition) is 2. The van der Waals surface area contributed by atoms with Gasteiger partial charge in [-0.05, 0) is 24.3 Å². The number of ether oxygens (including phenoxy) is 1. The SMILES string of the molecule is NC(=O)c1cc(NC(=O)c2ncc(OCC(F)(F)F)cc2C(F)(F)F)ccc1Cl. The minimum Gasteiger partial charge on any atom is -0.482 e. The fraction of sp³-hybridized carbons (Fsp3) is 0.188. The van der Waals surface area contributed by atoms with Gasteiger partial charge >= 0.3 is 12.4 Å². The highest BCUT2D eigenvalue weighted by Crippen LogP contribution is 2.34. The second-order valence-corrected chi connectivity index (χ2v) is 5.89. The van der Waals surface area contributed by atoms with Crippen LogP contribution in [0.3, 0.4) is 0 Å². The lowest BCUT2D eigenvalue weighted by Gasteiger charge is -2.15. The number of nitrogens with one attached hydrogen (secondary N) is 1. The number of alkyl halides is 6. The predicted octanol–water partition coefficient (Wildman–Crippen LogP) is 4.05. The molecule has 0 unspecified atom stereocenters. The summed E-state index contributed by atoms with van der Waals surface area (Å²) >= 11 is 5.74. The van der Waals surface area contributed by atoms with Crippen molar-refractivity contribution < 1.29 is 40.7 Å². The molecule has 156 valence electrons. The smallest absolute Gasteiger partial charge is 0.422 e. The Morgan fingerprint density at radius 2 is 1.79 bits per heavy atom. The number of primary amides is 1. The molecule has 0 aliphatic heterocycles. The molecule has 1 aromatic carbocycles. The van der Waals surface area contributed by atoms with Crippen LogP contribution < -0.4 is 15.8 Å². The number of nitrogens with two attached hydrogens (primary N) is 1. The lowest BCUT2D eigenvalue weighted by Crippen LogP contribution is -2.22. The van der Waals surface area contributed by atoms with E-state index in [1.807, 2.05) is 0 Å². The van der Waals surface area contributed by atoms with E-state index in [1.165, 1.54) is 12.1 Å². The summed E-state index contributed by atoms with van der Waals surface area (Å²) in [5.74, 6) is -3.10. The van der Waals surface area contributed by atoms with Gasteiger partial charge in [-0.15, -0.1) is 0 Å². The highest BCUT2D eigenvalue weighted by molar-refractivity contribution is 6.34. The van der Waals surface area contributed by atoms with Crippen LogP contribution in [0.4, 0.5) is 32.0 Å². The number of nitrogens with zero attached hydrogens (tertiary/aromatic N) is 1. The first kappa shape index (κ1) is 22.3. The molecular formula is C16H10ClF6N3O3. The van der Waals surface area contributed by atoms with Crippen molar-refractivity contribution in [1.29, 1.82) is 0 Å². The summed E-state index contributed by atoms with van der Waals surface area (Å²) in [4.78, 5) is 26.8. The maximum atomic E-state index is 13.2. The number of amides is 2. The summed E-state index contributed by atoms with van der Waals surface area (Å²) in [6.07, 6.45) is -9.34. The zero-order chi connectivity index (χ0) is 22.0. The van der Waals surface area contributed by atoms with Crippen molar-refractivity contribution in [2.75, 3.05) is 11.9 Å². The molecule has 2 amide bonds. The monoisotopic (exact) mass is 441 g/mol. The van der Waals surface area contributed by atoms with Crippen LogP contribution in [0.1, 0.15) is 26.4 Å². The molecule has 0 fully saturated rings. The van der Waals surface area contributed by atoms with E-state index in [-0.39, 0.29) is 22.3 Å². The Bertz CT molecular complexity index is 946. The second kappa shape index (κ2) is 8.15. The van der Waals surface area contributed by atoms with E-state index < -0.39 is 47.8 Å². The second-order valence-electron chi connectivity index (χ2n) is 5.48. The molecule has 2 rings (SSSR count). The zero-order valence-electron chi connectivity index (χ0n) is 14.0. The third-order valence-corrected chi connectivity index (χ3v) is 3.60. The van der Waals surface area contributed by atoms with Crippen molar-refractivity contribution >= 4 is 29.1 Å². The van der Waals surface area contributed by atoms with E-state index in [4.69, 9.17) is 17.3 Å². The van der Waals surface area contributed by atoms with Crippen LogP contribution in [-0.2, 0) is 6.18 Å². The van der Waals surface area contributed by atoms with E-state index in [9.17, 15) is 35.9 Å². The van der Waals surface area contributed by atoms with Gasteiger partial charge in [0.25, 0.3) is 5.91 Å². The van der Waals surface area contributed by atoms with E-state index >= 15 is 0 Å². The Morgan fingerprint density at radius 1 is 1.14 bits per heavy atom. The quantitative estimate of drug-likeness (QED) is 0.685. The van der Waals surface area contributed by atoms with Gasteiger partial charge in [0, 0.05) is 5.69 Å². The van der Waals surface area contributed by atoms with Crippen LogP contribution in [-0.4, -0.2) is 29.6 Å². The van der Waals surface area contributed by atoms with Crippen LogP contribution in [0.5, 0.6) is 5.75 Å². The van der Waals surface area contributed by atoms with Gasteiger partial charge in [-0.2, -0.15) is 26.3 Å². The highest BCUT2D eigenvalue weighted by atomic mass is 35.5. The fourth-order valence-electron chi connectivity index (χ4n) is 2.07. The van der Waals surface area contributed by atoms with E-state index in [1.54, 1.807) is 0 Å². The van der Waals surface area contributed by atoms with Crippen LogP contribution >= 0.6 is 11.6 Å². The van der Waals surface area contributed by atoms with Gasteiger partial charge < -0.3 is 15.8 Å². The highest BCUT2D eigenvalue weighted by Gasteiger charge is 2.37. The minimum atomic E-state index is -5.12. The number of aromatic nitrogens is 1. The number of rotatable bonds is 5. The molecular weight excluding hydrogens is 432 g/mol. The average Bonchev–Trinajstić information content (AvgIpc) is 2.59. The van der Waals surface area contributed by atoms with E-state index in [2.05, 4.69) is 15.0 Å². The Balaban J connectivity index is 2.34. The van der Waals surface area contributed by atoms with Gasteiger partial charge in [0.2, 0.25) is 5.91 Å². The van der Waals surface area contributed by atoms with Crippen LogP contribution in [0.25, 0.3) is 0 Å². The summed E-state index contributed by atoms with van der Waals surface area (Å²) in [5, 5.41) is 2.03. The Kier molecular flexibility index (Phi) is 6.26. The Morgan fingerprint density at radius 3 is 2.34 bits per heavy atom. The van der Waals surface area contributed by atoms with Crippen LogP contribution in [0.2, 0.25) is 5.02 Å². The van der Waals surface area contributed by atoms with Gasteiger partial charge in [0.05, 0.1) is 22.3 Å². The summed E-state index contributed by atoms with van der Waals surface area (Å²) < 4.78 is 80.5. The first-order valence-electron chi connectivity index (χ1n) is 7.45. The topological polar surface area (TPSA) is 94.3 Å². The molecule has 13 heteroatoms. The van der Waals surface area contributed by atoms with Gasteiger partial charge in [-0.1, -0.05) is 11.6 Å². The average molecular weight is 442 g/mol. The van der Waals surface area contributed by atoms with Crippen molar-refractivity contribution in [3.05, 3.63) is 52.3 Å². The third kappa shape index (κ3) is 5.98. The third-order valence-electron chi connectivity index (χ3n) is 3.28. The predicted molar refractivity (Wildman–Crippen MR) is 88.7 cm³/mol. The molecule has 0 aliphatic carbocycles. The fourth-order valence-corrected chi connectivity index (χ4v) is 2.28. The van der Waals surface area contributed by atoms with Gasteiger partial charge in [0.15, 0.2) is 6.61 Å². The van der Waals surface area contributed by atoms with Crippen molar-refractivity contribution in [3.8, 4) is 5.75 Å². The van der Waals surface area contributed by atoms with Crippen LogP contribution in [0.15, 0.2) is 30.5 Å². The summed E-state index contributed by atoms with van der Waals surface area (Å²) in [6, 6.07) is 3.64. The minimum absolute atomic E-state index is 0.0456. The maximum Gasteiger partial charge on any atom is 0.422 e. The summed E-state index contributed by atoms with van der Waals surface area (Å²) in [6.45, 7) is -1.84. The van der Waals surface area contributed by atoms with Gasteiger partial charge in [-0.25, -0.2) is 4.98 Å². The van der Waals surface area contributed by atoms with Crippen LogP contribution in [0, 0.1) is 0 Å². The molecule has 0 saturated heterocycles. The van der Waals surface area contributed by atoms with E-state index in [0.717, 1.165) is 6.07 Å². The van der Waals surface area contributed by atoms with E-state index in [0.29, 0.717) is 6.20 Å². The number of halogens is 7. The number of hydrogen-bond acceptors (Lipinski definition) is 4. The number of carbonyl (C=O) groups excluding carboxylic acids is 2. The number of benzene rings is 1. The van der Waals surface area contributed by atoms with Crippen molar-refractivity contribution in [3.63, 3.8) is 0 Å². The summed E-state index contributed by atoms with van der Waals surface area (Å²) in [7, 11) is 0. The van der Waals surface area contributed by atoms with Gasteiger partial charge in [0.1, 0.15) is 11.4 Å². The standard InChI is InChI=1S/C16H10ClF6N3O3/c17-11-2-1-7(3-9(11)13(24)27)26-14(28)12-10(16(21,22)23)4-8(5-25-12)29-6-15(18,19)20/h1-5H,6H2,(H2,24,27)(H,26,28). The molecule has 0 aliphatic rings. The first-order valence-corrected chi connectivity index (χ1v) is 7.83. The molecule has 0 radical (unpaired) electrons. The molecule has 29 heavy (non-hydrogen) atoms. The molecule has 6 nitrogen and oxygen atoms in total. The molecule has 0 atom stereocenters. The normalized spacial score (nSPS) is 11.8.